The van der Waals surface area contributed by atoms with Crippen LogP contribution >= 0.6 is 11.6 Å². The van der Waals surface area contributed by atoms with Gasteiger partial charge in [-0.2, -0.15) is 0 Å². The summed E-state index contributed by atoms with van der Waals surface area (Å²) in [5, 5.41) is 3.47. The summed E-state index contributed by atoms with van der Waals surface area (Å²) in [6.07, 6.45) is 3.14. The first-order chi connectivity index (χ1) is 3.79. The van der Waals surface area contributed by atoms with E-state index in [4.69, 9.17) is 11.6 Å². The number of alkyl halides is 1. The SMILES string of the molecule is CC1=CCC(Cl)CN1. The van der Waals surface area contributed by atoms with Crippen LogP contribution in [0.25, 0.3) is 0 Å². The highest BCUT2D eigenvalue weighted by Crippen LogP contribution is 2.08. The van der Waals surface area contributed by atoms with Crippen LogP contribution in [0.4, 0.5) is 0 Å². The van der Waals surface area contributed by atoms with E-state index in [-0.39, 0.29) is 0 Å². The molecule has 0 amide bonds. The molecule has 0 aliphatic carbocycles. The molecule has 1 aliphatic heterocycles. The third kappa shape index (κ3) is 1.41. The summed E-state index contributed by atoms with van der Waals surface area (Å²) in [6, 6.07) is 0. The fraction of sp³-hybridized carbons (Fsp3) is 0.667. The molecule has 1 nitrogen and oxygen atoms in total. The van der Waals surface area contributed by atoms with Gasteiger partial charge in [-0.1, -0.05) is 6.08 Å². The zero-order valence-electron chi connectivity index (χ0n) is 4.95. The molecule has 1 heterocycles. The lowest BCUT2D eigenvalue weighted by atomic mass is 10.2. The average molecular weight is 132 g/mol. The van der Waals surface area contributed by atoms with E-state index < -0.39 is 0 Å². The van der Waals surface area contributed by atoms with E-state index in [1.165, 1.54) is 5.70 Å². The van der Waals surface area contributed by atoms with Gasteiger partial charge in [-0.3, -0.25) is 0 Å². The van der Waals surface area contributed by atoms with Gasteiger partial charge in [0.05, 0.1) is 5.38 Å². The predicted octanol–water partition coefficient (Wildman–Crippen LogP) is 1.49. The van der Waals surface area contributed by atoms with E-state index in [0.717, 1.165) is 13.0 Å². The molecule has 0 aromatic carbocycles. The monoisotopic (exact) mass is 131 g/mol. The summed E-state index contributed by atoms with van der Waals surface area (Å²) in [4.78, 5) is 0. The second-order valence-electron chi connectivity index (χ2n) is 2.10. The Hall–Kier alpha value is -0.170. The quantitative estimate of drug-likeness (QED) is 0.492. The van der Waals surface area contributed by atoms with Crippen molar-refractivity contribution in [2.75, 3.05) is 6.54 Å². The van der Waals surface area contributed by atoms with Crippen LogP contribution in [0.3, 0.4) is 0 Å². The number of hydrogen-bond acceptors (Lipinski definition) is 1. The van der Waals surface area contributed by atoms with Gasteiger partial charge in [0.25, 0.3) is 0 Å². The normalized spacial score (nSPS) is 28.8. The van der Waals surface area contributed by atoms with E-state index in [9.17, 15) is 0 Å². The molecule has 1 N–H and O–H groups in total. The molecule has 1 aliphatic rings. The molecule has 1 atom stereocenters. The second-order valence-corrected chi connectivity index (χ2v) is 2.72. The highest BCUT2D eigenvalue weighted by Gasteiger charge is 2.06. The molecule has 0 saturated carbocycles. The maximum absolute atomic E-state index is 5.77. The van der Waals surface area contributed by atoms with Crippen molar-refractivity contribution in [3.63, 3.8) is 0 Å². The standard InChI is InChI=1S/C6H10ClN/c1-5-2-3-6(7)4-8-5/h2,6,8H,3-4H2,1H3. The molecule has 1 rings (SSSR count). The van der Waals surface area contributed by atoms with Crippen LogP contribution in [0, 0.1) is 0 Å². The molecule has 0 fully saturated rings. The number of halogens is 1. The first-order valence-electron chi connectivity index (χ1n) is 2.84. The number of nitrogens with one attached hydrogen (secondary N) is 1. The van der Waals surface area contributed by atoms with Crippen molar-refractivity contribution in [3.05, 3.63) is 11.8 Å². The summed E-state index contributed by atoms with van der Waals surface area (Å²) in [7, 11) is 0. The third-order valence-corrected chi connectivity index (χ3v) is 1.61. The van der Waals surface area contributed by atoms with Crippen LogP contribution in [-0.4, -0.2) is 11.9 Å². The van der Waals surface area contributed by atoms with Crippen LogP contribution in [0.1, 0.15) is 13.3 Å². The van der Waals surface area contributed by atoms with Gasteiger partial charge in [0.2, 0.25) is 0 Å². The van der Waals surface area contributed by atoms with Crippen LogP contribution in [-0.2, 0) is 0 Å². The summed E-state index contributed by atoms with van der Waals surface area (Å²) >= 11 is 5.77. The minimum atomic E-state index is 0.304. The molecule has 0 radical (unpaired) electrons. The van der Waals surface area contributed by atoms with Gasteiger partial charge >= 0.3 is 0 Å². The lowest BCUT2D eigenvalue weighted by Crippen LogP contribution is -2.25. The fourth-order valence-electron chi connectivity index (χ4n) is 0.732. The Kier molecular flexibility index (Phi) is 1.79. The van der Waals surface area contributed by atoms with E-state index in [0.29, 0.717) is 5.38 Å². The molecule has 2 heteroatoms. The Labute approximate surface area is 54.7 Å². The molecular formula is C6H10ClN. The zero-order valence-corrected chi connectivity index (χ0v) is 5.70. The Morgan fingerprint density at radius 1 is 1.88 bits per heavy atom. The topological polar surface area (TPSA) is 12.0 Å². The maximum atomic E-state index is 5.77. The Morgan fingerprint density at radius 3 is 3.00 bits per heavy atom. The first kappa shape index (κ1) is 5.96. The minimum Gasteiger partial charge on any atom is -0.387 e. The van der Waals surface area contributed by atoms with Gasteiger partial charge < -0.3 is 5.32 Å². The van der Waals surface area contributed by atoms with E-state index in [2.05, 4.69) is 18.3 Å². The van der Waals surface area contributed by atoms with Gasteiger partial charge in [0, 0.05) is 12.2 Å². The van der Waals surface area contributed by atoms with Gasteiger partial charge in [-0.05, 0) is 13.3 Å². The molecule has 0 saturated heterocycles. The first-order valence-corrected chi connectivity index (χ1v) is 3.27. The molecule has 0 spiro atoms. The summed E-state index contributed by atoms with van der Waals surface area (Å²) in [5.74, 6) is 0. The Morgan fingerprint density at radius 2 is 2.62 bits per heavy atom. The second kappa shape index (κ2) is 2.40. The van der Waals surface area contributed by atoms with Gasteiger partial charge in [-0.15, -0.1) is 11.6 Å². The Bertz CT molecular complexity index is 109. The summed E-state index contributed by atoms with van der Waals surface area (Å²) in [6.45, 7) is 2.98. The van der Waals surface area contributed by atoms with E-state index in [1.807, 2.05) is 0 Å². The number of allylic oxidation sites excluding steroid dienone is 2. The van der Waals surface area contributed by atoms with Gasteiger partial charge in [-0.25, -0.2) is 0 Å². The van der Waals surface area contributed by atoms with Crippen molar-refractivity contribution in [2.45, 2.75) is 18.7 Å². The average Bonchev–Trinajstić information content (AvgIpc) is 1.77. The molecule has 46 valence electrons. The molecular weight excluding hydrogens is 122 g/mol. The van der Waals surface area contributed by atoms with Crippen LogP contribution < -0.4 is 5.32 Å². The molecule has 0 aromatic rings. The number of rotatable bonds is 0. The van der Waals surface area contributed by atoms with Crippen molar-refractivity contribution in [3.8, 4) is 0 Å². The van der Waals surface area contributed by atoms with Gasteiger partial charge in [0.1, 0.15) is 0 Å². The number of hydrogen-bond donors (Lipinski definition) is 1. The summed E-state index contributed by atoms with van der Waals surface area (Å²) in [5.41, 5.74) is 1.25. The maximum Gasteiger partial charge on any atom is 0.0543 e. The van der Waals surface area contributed by atoms with Crippen LogP contribution in [0.2, 0.25) is 0 Å². The largest absolute Gasteiger partial charge is 0.387 e. The molecule has 0 bridgehead atoms. The van der Waals surface area contributed by atoms with Crippen LogP contribution in [0.5, 0.6) is 0 Å². The third-order valence-electron chi connectivity index (χ3n) is 1.28. The summed E-state index contributed by atoms with van der Waals surface area (Å²) < 4.78 is 0. The zero-order chi connectivity index (χ0) is 5.98. The fourth-order valence-corrected chi connectivity index (χ4v) is 0.898. The highest BCUT2D eigenvalue weighted by molar-refractivity contribution is 6.20. The van der Waals surface area contributed by atoms with Crippen molar-refractivity contribution in [1.29, 1.82) is 0 Å². The highest BCUT2D eigenvalue weighted by atomic mass is 35.5. The van der Waals surface area contributed by atoms with E-state index in [1.54, 1.807) is 0 Å². The van der Waals surface area contributed by atoms with Crippen molar-refractivity contribution < 1.29 is 0 Å². The van der Waals surface area contributed by atoms with Crippen LogP contribution in [0.15, 0.2) is 11.8 Å². The lowest BCUT2D eigenvalue weighted by molar-refractivity contribution is 0.697. The van der Waals surface area contributed by atoms with E-state index >= 15 is 0 Å². The predicted molar refractivity (Wildman–Crippen MR) is 36.0 cm³/mol. The molecule has 0 aromatic heterocycles. The van der Waals surface area contributed by atoms with Gasteiger partial charge in [0.15, 0.2) is 0 Å². The smallest absolute Gasteiger partial charge is 0.0543 e. The molecule has 1 unspecified atom stereocenters. The van der Waals surface area contributed by atoms with Crippen molar-refractivity contribution in [1.82, 2.24) is 5.32 Å². The molecule has 8 heavy (non-hydrogen) atoms. The van der Waals surface area contributed by atoms with Crippen molar-refractivity contribution >= 4 is 11.6 Å². The lowest BCUT2D eigenvalue weighted by Gasteiger charge is -2.15. The van der Waals surface area contributed by atoms with Crippen molar-refractivity contribution in [2.24, 2.45) is 0 Å². The Balaban J connectivity index is 2.42. The minimum absolute atomic E-state index is 0.304.